The number of phenols is 1. The normalized spacial score (nSPS) is 12.2. The first kappa shape index (κ1) is 26.3. The van der Waals surface area contributed by atoms with Gasteiger partial charge in [-0.15, -0.1) is 0 Å². The molecule has 3 aromatic rings. The van der Waals surface area contributed by atoms with Crippen LogP contribution in [0.15, 0.2) is 57.7 Å². The van der Waals surface area contributed by atoms with E-state index in [1.165, 1.54) is 30.3 Å². The van der Waals surface area contributed by atoms with Gasteiger partial charge in [0, 0.05) is 42.5 Å². The van der Waals surface area contributed by atoms with Gasteiger partial charge in [-0.25, -0.2) is 4.79 Å². The fourth-order valence-electron chi connectivity index (χ4n) is 3.45. The first-order chi connectivity index (χ1) is 16.9. The van der Waals surface area contributed by atoms with Gasteiger partial charge in [-0.2, -0.15) is 13.2 Å². The van der Waals surface area contributed by atoms with Gasteiger partial charge in [0.1, 0.15) is 17.4 Å². The number of carbonyl (C=O) groups excluding carboxylic acids is 2. The first-order valence-electron chi connectivity index (χ1n) is 10.7. The van der Waals surface area contributed by atoms with Gasteiger partial charge in [-0.3, -0.25) is 14.4 Å². The van der Waals surface area contributed by atoms with Gasteiger partial charge in [0.2, 0.25) is 11.8 Å². The molecule has 190 valence electrons. The van der Waals surface area contributed by atoms with Crippen LogP contribution in [-0.4, -0.2) is 34.0 Å². The lowest BCUT2D eigenvalue weighted by Gasteiger charge is -2.19. The van der Waals surface area contributed by atoms with Gasteiger partial charge in [-0.1, -0.05) is 12.1 Å². The number of amides is 2. The fraction of sp³-hybridized carbons (Fsp3) is 0.250. The summed E-state index contributed by atoms with van der Waals surface area (Å²) in [6.07, 6.45) is -5.12. The van der Waals surface area contributed by atoms with Gasteiger partial charge in [0.05, 0.1) is 5.56 Å². The molecule has 0 aliphatic heterocycles. The highest BCUT2D eigenvalue weighted by Crippen LogP contribution is 2.34. The Hall–Kier alpha value is -4.35. The number of alkyl halides is 3. The molecule has 0 radical (unpaired) electrons. The predicted octanol–water partition coefficient (Wildman–Crippen LogP) is 3.44. The molecule has 0 aliphatic carbocycles. The lowest BCUT2D eigenvalue weighted by atomic mass is 10.0. The molecule has 12 heteroatoms. The third-order valence-electron chi connectivity index (χ3n) is 5.14. The molecule has 2 amide bonds. The molecule has 1 heterocycles. The van der Waals surface area contributed by atoms with Crippen LogP contribution in [0.1, 0.15) is 30.4 Å². The zero-order valence-electron chi connectivity index (χ0n) is 18.6. The third kappa shape index (κ3) is 7.08. The summed E-state index contributed by atoms with van der Waals surface area (Å²) >= 11 is 0. The van der Waals surface area contributed by atoms with Crippen molar-refractivity contribution < 1.29 is 42.2 Å². The molecule has 0 saturated carbocycles. The van der Waals surface area contributed by atoms with E-state index in [1.807, 2.05) is 0 Å². The second-order valence-electron chi connectivity index (χ2n) is 7.92. The van der Waals surface area contributed by atoms with Crippen molar-refractivity contribution in [2.75, 3.05) is 5.32 Å². The Morgan fingerprint density at radius 1 is 1.00 bits per heavy atom. The quantitative estimate of drug-likeness (QED) is 0.325. The second kappa shape index (κ2) is 10.9. The Kier molecular flexibility index (Phi) is 7.97. The maximum absolute atomic E-state index is 13.3. The molecule has 0 fully saturated rings. The number of carbonyl (C=O) groups is 3. The summed E-state index contributed by atoms with van der Waals surface area (Å²) in [5.41, 5.74) is -2.17. The van der Waals surface area contributed by atoms with Crippen molar-refractivity contribution in [3.8, 4) is 5.75 Å². The monoisotopic (exact) mass is 506 g/mol. The molecule has 36 heavy (non-hydrogen) atoms. The predicted molar refractivity (Wildman–Crippen MR) is 121 cm³/mol. The Bertz CT molecular complexity index is 1330. The minimum atomic E-state index is -4.79. The van der Waals surface area contributed by atoms with Crippen LogP contribution < -0.4 is 16.3 Å². The van der Waals surface area contributed by atoms with Crippen LogP contribution in [0, 0.1) is 0 Å². The number of carboxylic acid groups (broad SMARTS) is 1. The number of hydrogen-bond acceptors (Lipinski definition) is 6. The summed E-state index contributed by atoms with van der Waals surface area (Å²) in [5, 5.41) is 22.8. The lowest BCUT2D eigenvalue weighted by Crippen LogP contribution is -2.45. The molecule has 0 spiro atoms. The summed E-state index contributed by atoms with van der Waals surface area (Å²) < 4.78 is 44.7. The maximum atomic E-state index is 13.3. The summed E-state index contributed by atoms with van der Waals surface area (Å²) in [5.74, 6) is -2.37. The SMILES string of the molecule is O=C(O)CCCC(=O)NC(Cc1ccc(O)cc1)C(=O)Nc1ccc2c(C(F)(F)F)cc(=O)oc2c1. The third-order valence-corrected chi connectivity index (χ3v) is 5.14. The Balaban J connectivity index is 1.83. The highest BCUT2D eigenvalue weighted by Gasteiger charge is 2.34. The first-order valence-corrected chi connectivity index (χ1v) is 10.7. The summed E-state index contributed by atoms with van der Waals surface area (Å²) in [7, 11) is 0. The van der Waals surface area contributed by atoms with Gasteiger partial charge >= 0.3 is 17.8 Å². The van der Waals surface area contributed by atoms with Crippen molar-refractivity contribution in [2.24, 2.45) is 0 Å². The number of aromatic hydroxyl groups is 1. The number of anilines is 1. The maximum Gasteiger partial charge on any atom is 0.417 e. The van der Waals surface area contributed by atoms with E-state index in [4.69, 9.17) is 9.52 Å². The van der Waals surface area contributed by atoms with Gasteiger partial charge in [0.15, 0.2) is 0 Å². The molecule has 3 rings (SSSR count). The average Bonchev–Trinajstić information content (AvgIpc) is 2.78. The average molecular weight is 506 g/mol. The second-order valence-corrected chi connectivity index (χ2v) is 7.92. The fourth-order valence-corrected chi connectivity index (χ4v) is 3.45. The number of phenolic OH excluding ortho intramolecular Hbond substituents is 1. The number of aliphatic carboxylic acids is 1. The van der Waals surface area contributed by atoms with Crippen LogP contribution in [0.25, 0.3) is 11.0 Å². The number of hydrogen-bond donors (Lipinski definition) is 4. The molecule has 1 unspecified atom stereocenters. The smallest absolute Gasteiger partial charge is 0.417 e. The molecular weight excluding hydrogens is 485 g/mol. The summed E-state index contributed by atoms with van der Waals surface area (Å²) in [6.45, 7) is 0. The van der Waals surface area contributed by atoms with Crippen molar-refractivity contribution >= 4 is 34.4 Å². The van der Waals surface area contributed by atoms with Crippen molar-refractivity contribution in [1.29, 1.82) is 0 Å². The number of halogens is 3. The van der Waals surface area contributed by atoms with Crippen LogP contribution in [-0.2, 0) is 27.0 Å². The largest absolute Gasteiger partial charge is 0.508 e. The summed E-state index contributed by atoms with van der Waals surface area (Å²) in [4.78, 5) is 47.6. The van der Waals surface area contributed by atoms with Gasteiger partial charge in [-0.05, 0) is 36.2 Å². The van der Waals surface area contributed by atoms with E-state index in [2.05, 4.69) is 10.6 Å². The molecule has 0 bridgehead atoms. The molecule has 1 atom stereocenters. The molecule has 0 aliphatic rings. The van der Waals surface area contributed by atoms with E-state index in [1.54, 1.807) is 0 Å². The zero-order valence-corrected chi connectivity index (χ0v) is 18.6. The van der Waals surface area contributed by atoms with Crippen LogP contribution in [0.3, 0.4) is 0 Å². The number of nitrogens with one attached hydrogen (secondary N) is 2. The lowest BCUT2D eigenvalue weighted by molar-refractivity contribution is -0.138. The molecule has 9 nitrogen and oxygen atoms in total. The number of fused-ring (bicyclic) bond motifs is 1. The Morgan fingerprint density at radius 2 is 1.69 bits per heavy atom. The van der Waals surface area contributed by atoms with Gasteiger partial charge in [0.25, 0.3) is 0 Å². The Morgan fingerprint density at radius 3 is 2.33 bits per heavy atom. The number of rotatable bonds is 9. The molecule has 1 aromatic heterocycles. The van der Waals surface area contributed by atoms with E-state index < -0.39 is 41.2 Å². The van der Waals surface area contributed by atoms with Crippen molar-refractivity contribution in [1.82, 2.24) is 5.32 Å². The number of benzene rings is 2. The molecule has 0 saturated heterocycles. The Labute approximate surface area is 201 Å². The van der Waals surface area contributed by atoms with E-state index in [0.717, 1.165) is 12.1 Å². The molecular formula is C24H21F3N2O7. The zero-order chi connectivity index (χ0) is 26.5. The standard InChI is InChI=1S/C24H21F3N2O7/c25-24(26,27)17-12-22(34)36-19-11-14(6-9-16(17)19)28-23(35)18(10-13-4-7-15(30)8-5-13)29-20(31)2-1-3-21(32)33/h4-9,11-12,18,30H,1-3,10H2,(H,28,35)(H,29,31)(H,32,33). The highest BCUT2D eigenvalue weighted by atomic mass is 19.4. The number of carboxylic acids is 1. The van der Waals surface area contributed by atoms with E-state index in [0.29, 0.717) is 11.6 Å². The highest BCUT2D eigenvalue weighted by molar-refractivity contribution is 5.99. The minimum Gasteiger partial charge on any atom is -0.508 e. The molecule has 4 N–H and O–H groups in total. The topological polar surface area (TPSA) is 146 Å². The van der Waals surface area contributed by atoms with Crippen molar-refractivity contribution in [3.05, 3.63) is 70.1 Å². The van der Waals surface area contributed by atoms with E-state index in [-0.39, 0.29) is 48.1 Å². The van der Waals surface area contributed by atoms with E-state index in [9.17, 15) is 37.5 Å². The van der Waals surface area contributed by atoms with Crippen LogP contribution in [0.2, 0.25) is 0 Å². The molecule has 2 aromatic carbocycles. The minimum absolute atomic E-state index is 0.00231. The van der Waals surface area contributed by atoms with Crippen LogP contribution >= 0.6 is 0 Å². The summed E-state index contributed by atoms with van der Waals surface area (Å²) in [6, 6.07) is 8.37. The van der Waals surface area contributed by atoms with Crippen LogP contribution in [0.5, 0.6) is 5.75 Å². The van der Waals surface area contributed by atoms with Gasteiger partial charge < -0.3 is 25.3 Å². The van der Waals surface area contributed by atoms with E-state index >= 15 is 0 Å². The van der Waals surface area contributed by atoms with Crippen molar-refractivity contribution in [3.63, 3.8) is 0 Å². The van der Waals surface area contributed by atoms with Crippen LogP contribution in [0.4, 0.5) is 18.9 Å². The van der Waals surface area contributed by atoms with Crippen molar-refractivity contribution in [2.45, 2.75) is 37.9 Å².